The molecule has 1 aromatic carbocycles. The van der Waals surface area contributed by atoms with Crippen LogP contribution in [0.2, 0.25) is 0 Å². The van der Waals surface area contributed by atoms with E-state index in [1.165, 1.54) is 12.8 Å². The van der Waals surface area contributed by atoms with Gasteiger partial charge in [0.15, 0.2) is 11.5 Å². The fraction of sp³-hybridized carbons (Fsp3) is 0.478. The van der Waals surface area contributed by atoms with Gasteiger partial charge in [0.1, 0.15) is 12.7 Å². The first-order valence-electron chi connectivity index (χ1n) is 10.5. The van der Waals surface area contributed by atoms with E-state index >= 15 is 0 Å². The number of rotatable bonds is 6. The predicted molar refractivity (Wildman–Crippen MR) is 111 cm³/mol. The Morgan fingerprint density at radius 3 is 2.73 bits per heavy atom. The van der Waals surface area contributed by atoms with Crippen LogP contribution in [-0.4, -0.2) is 48.9 Å². The number of carbonyl (C=O) groups is 1. The van der Waals surface area contributed by atoms with E-state index in [1.54, 1.807) is 24.4 Å². The number of benzene rings is 1. The van der Waals surface area contributed by atoms with Crippen LogP contribution in [0.25, 0.3) is 0 Å². The molecule has 2 fully saturated rings. The van der Waals surface area contributed by atoms with Gasteiger partial charge in [-0.15, -0.1) is 0 Å². The smallest absolute Gasteiger partial charge is 0.410 e. The Morgan fingerprint density at radius 1 is 1.17 bits per heavy atom. The molecule has 1 aliphatic carbocycles. The maximum atomic E-state index is 12.5. The summed E-state index contributed by atoms with van der Waals surface area (Å²) < 4.78 is 23.1. The number of pyridine rings is 1. The van der Waals surface area contributed by atoms with E-state index in [4.69, 9.17) is 18.9 Å². The maximum absolute atomic E-state index is 12.5. The van der Waals surface area contributed by atoms with Gasteiger partial charge in [0, 0.05) is 18.9 Å². The van der Waals surface area contributed by atoms with Crippen LogP contribution in [0.15, 0.2) is 42.7 Å². The summed E-state index contributed by atoms with van der Waals surface area (Å²) in [4.78, 5) is 18.2. The molecule has 1 aromatic heterocycles. The lowest BCUT2D eigenvalue weighted by atomic mass is 10.1. The first-order valence-corrected chi connectivity index (χ1v) is 10.5. The third-order valence-corrected chi connectivity index (χ3v) is 5.59. The molecule has 2 heterocycles. The summed E-state index contributed by atoms with van der Waals surface area (Å²) in [6, 6.07) is 9.52. The summed E-state index contributed by atoms with van der Waals surface area (Å²) in [6.07, 6.45) is 7.59. The summed E-state index contributed by atoms with van der Waals surface area (Å²) in [5.74, 6) is 1.46. The Hall–Kier alpha value is -2.80. The Kier molecular flexibility index (Phi) is 6.69. The van der Waals surface area contributed by atoms with Gasteiger partial charge in [-0.05, 0) is 61.1 Å². The highest BCUT2D eigenvalue weighted by atomic mass is 16.6. The summed E-state index contributed by atoms with van der Waals surface area (Å²) >= 11 is 0. The van der Waals surface area contributed by atoms with E-state index in [0.717, 1.165) is 35.5 Å². The lowest BCUT2D eigenvalue weighted by molar-refractivity contribution is -0.0297. The molecule has 0 spiro atoms. The molecule has 1 aliphatic heterocycles. The van der Waals surface area contributed by atoms with Crippen molar-refractivity contribution in [2.24, 2.45) is 0 Å². The second kappa shape index (κ2) is 9.80. The zero-order valence-electron chi connectivity index (χ0n) is 17.3. The Labute approximate surface area is 176 Å². The molecule has 0 N–H and O–H groups in total. The van der Waals surface area contributed by atoms with Gasteiger partial charge < -0.3 is 23.8 Å². The van der Waals surface area contributed by atoms with Crippen molar-refractivity contribution in [2.45, 2.75) is 44.5 Å². The van der Waals surface area contributed by atoms with Gasteiger partial charge in [-0.2, -0.15) is 0 Å². The predicted octanol–water partition coefficient (Wildman–Crippen LogP) is 4.12. The zero-order chi connectivity index (χ0) is 20.8. The standard InChI is InChI=1S/C23H28N2O5/c1-27-20-7-6-18(14-21(20)30-19-4-2-3-5-19)22-15-25(12-13-28-22)23(26)29-16-17-8-10-24-11-9-17/h6-11,14,19,22H,2-5,12-13,15-16H2,1H3. The number of ether oxygens (including phenoxy) is 4. The van der Waals surface area contributed by atoms with Gasteiger partial charge in [-0.3, -0.25) is 4.98 Å². The molecule has 2 aliphatic rings. The lowest BCUT2D eigenvalue weighted by Crippen LogP contribution is -2.42. The minimum atomic E-state index is -0.337. The van der Waals surface area contributed by atoms with Crippen molar-refractivity contribution < 1.29 is 23.7 Å². The number of nitrogens with zero attached hydrogens (tertiary/aromatic N) is 2. The molecule has 1 amide bonds. The van der Waals surface area contributed by atoms with Crippen LogP contribution >= 0.6 is 0 Å². The number of morpholine rings is 1. The van der Waals surface area contributed by atoms with Crippen molar-refractivity contribution in [3.05, 3.63) is 53.9 Å². The Morgan fingerprint density at radius 2 is 1.97 bits per heavy atom. The molecule has 0 radical (unpaired) electrons. The van der Waals surface area contributed by atoms with Crippen molar-refractivity contribution in [1.82, 2.24) is 9.88 Å². The Bertz CT molecular complexity index is 839. The quantitative estimate of drug-likeness (QED) is 0.711. The highest BCUT2D eigenvalue weighted by molar-refractivity contribution is 5.67. The molecule has 0 bridgehead atoms. The number of hydrogen-bond donors (Lipinski definition) is 0. The van der Waals surface area contributed by atoms with Gasteiger partial charge in [0.05, 0.1) is 26.4 Å². The highest BCUT2D eigenvalue weighted by Crippen LogP contribution is 2.35. The van der Waals surface area contributed by atoms with Crippen LogP contribution in [0.5, 0.6) is 11.5 Å². The highest BCUT2D eigenvalue weighted by Gasteiger charge is 2.28. The van der Waals surface area contributed by atoms with Gasteiger partial charge in [0.2, 0.25) is 0 Å². The number of carbonyl (C=O) groups excluding carboxylic acids is 1. The lowest BCUT2D eigenvalue weighted by Gasteiger charge is -2.32. The van der Waals surface area contributed by atoms with E-state index in [-0.39, 0.29) is 24.9 Å². The van der Waals surface area contributed by atoms with E-state index < -0.39 is 0 Å². The number of amides is 1. The van der Waals surface area contributed by atoms with Crippen LogP contribution in [-0.2, 0) is 16.1 Å². The average Bonchev–Trinajstić information content (AvgIpc) is 3.31. The SMILES string of the molecule is COc1ccc(C2CN(C(=O)OCc3ccncc3)CCO2)cc1OC1CCCC1. The topological polar surface area (TPSA) is 70.1 Å². The normalized spacial score (nSPS) is 19.5. The monoisotopic (exact) mass is 412 g/mol. The van der Waals surface area contributed by atoms with Crippen LogP contribution in [0, 0.1) is 0 Å². The summed E-state index contributed by atoms with van der Waals surface area (Å²) in [5.41, 5.74) is 1.88. The maximum Gasteiger partial charge on any atom is 0.410 e. The van der Waals surface area contributed by atoms with Crippen molar-refractivity contribution in [3.63, 3.8) is 0 Å². The molecular weight excluding hydrogens is 384 g/mol. The van der Waals surface area contributed by atoms with Gasteiger partial charge in [-0.25, -0.2) is 4.79 Å². The van der Waals surface area contributed by atoms with Crippen molar-refractivity contribution in [1.29, 1.82) is 0 Å². The van der Waals surface area contributed by atoms with Gasteiger partial charge >= 0.3 is 6.09 Å². The average molecular weight is 412 g/mol. The number of hydrogen-bond acceptors (Lipinski definition) is 6. The fourth-order valence-electron chi connectivity index (χ4n) is 3.90. The molecule has 160 valence electrons. The van der Waals surface area contributed by atoms with E-state index in [9.17, 15) is 4.79 Å². The first kappa shape index (κ1) is 20.5. The molecule has 30 heavy (non-hydrogen) atoms. The van der Waals surface area contributed by atoms with Gasteiger partial charge in [0.25, 0.3) is 0 Å². The van der Waals surface area contributed by atoms with Gasteiger partial charge in [-0.1, -0.05) is 6.07 Å². The molecular formula is C23H28N2O5. The van der Waals surface area contributed by atoms with Crippen molar-refractivity contribution >= 4 is 6.09 Å². The van der Waals surface area contributed by atoms with Crippen LogP contribution in [0.3, 0.4) is 0 Å². The molecule has 1 saturated heterocycles. The molecule has 1 saturated carbocycles. The fourth-order valence-corrected chi connectivity index (χ4v) is 3.90. The van der Waals surface area contributed by atoms with Crippen molar-refractivity contribution in [3.8, 4) is 11.5 Å². The molecule has 2 aromatic rings. The second-order valence-electron chi connectivity index (χ2n) is 7.65. The molecule has 7 heteroatoms. The van der Waals surface area contributed by atoms with Crippen LogP contribution < -0.4 is 9.47 Å². The largest absolute Gasteiger partial charge is 0.493 e. The minimum Gasteiger partial charge on any atom is -0.493 e. The first-order chi connectivity index (χ1) is 14.7. The van der Waals surface area contributed by atoms with E-state index in [0.29, 0.717) is 19.7 Å². The van der Waals surface area contributed by atoms with E-state index in [1.807, 2.05) is 30.3 Å². The molecule has 1 unspecified atom stereocenters. The summed E-state index contributed by atoms with van der Waals surface area (Å²) in [5, 5.41) is 0. The molecule has 1 atom stereocenters. The third-order valence-electron chi connectivity index (χ3n) is 5.59. The van der Waals surface area contributed by atoms with Crippen LogP contribution in [0.4, 0.5) is 4.79 Å². The third kappa shape index (κ3) is 5.02. The molecule has 4 rings (SSSR count). The summed E-state index contributed by atoms with van der Waals surface area (Å²) in [6.45, 7) is 1.63. The van der Waals surface area contributed by atoms with E-state index in [2.05, 4.69) is 4.98 Å². The number of methoxy groups -OCH3 is 1. The minimum absolute atomic E-state index is 0.227. The number of aromatic nitrogens is 1. The molecule has 7 nitrogen and oxygen atoms in total. The van der Waals surface area contributed by atoms with Crippen molar-refractivity contribution in [2.75, 3.05) is 26.8 Å². The van der Waals surface area contributed by atoms with Crippen LogP contribution in [0.1, 0.15) is 42.9 Å². The second-order valence-corrected chi connectivity index (χ2v) is 7.65. The summed E-state index contributed by atoms with van der Waals surface area (Å²) in [7, 11) is 1.65. The Balaban J connectivity index is 1.40. The zero-order valence-corrected chi connectivity index (χ0v) is 17.3.